The van der Waals surface area contributed by atoms with Crippen LogP contribution in [0.15, 0.2) is 36.7 Å². The number of nitrogens with zero attached hydrogens (tertiary/aromatic N) is 3. The molecule has 3 aromatic rings. The molecule has 0 unspecified atom stereocenters. The predicted octanol–water partition coefficient (Wildman–Crippen LogP) is 2.66. The maximum absolute atomic E-state index is 11.2. The van der Waals surface area contributed by atoms with Gasteiger partial charge in [0.15, 0.2) is 0 Å². The van der Waals surface area contributed by atoms with E-state index in [9.17, 15) is 9.90 Å². The highest BCUT2D eigenvalue weighted by molar-refractivity contribution is 5.90. The predicted molar refractivity (Wildman–Crippen MR) is 79.7 cm³/mol. The normalized spacial score (nSPS) is 11.0. The Balaban J connectivity index is 2.41. The lowest BCUT2D eigenvalue weighted by Crippen LogP contribution is -2.10. The molecule has 2 heterocycles. The van der Waals surface area contributed by atoms with Crippen molar-refractivity contribution in [3.05, 3.63) is 53.7 Å². The van der Waals surface area contributed by atoms with Crippen LogP contribution in [0.2, 0.25) is 0 Å². The van der Waals surface area contributed by atoms with Gasteiger partial charge in [0.25, 0.3) is 0 Å². The van der Waals surface area contributed by atoms with Gasteiger partial charge in [-0.25, -0.2) is 4.98 Å². The number of benzene rings is 1. The zero-order chi connectivity index (χ0) is 15.0. The number of pyridine rings is 1. The van der Waals surface area contributed by atoms with Gasteiger partial charge in [0, 0.05) is 29.0 Å². The fraction of sp³-hybridized carbons (Fsp3) is 0.188. The molecule has 1 aromatic carbocycles. The van der Waals surface area contributed by atoms with E-state index in [1.807, 2.05) is 48.9 Å². The number of para-hydroxylation sites is 1. The average Bonchev–Trinajstić information content (AvgIpc) is 2.85. The lowest BCUT2D eigenvalue weighted by Gasteiger charge is -2.16. The van der Waals surface area contributed by atoms with Gasteiger partial charge in [-0.15, -0.1) is 0 Å². The Hall–Kier alpha value is -2.69. The summed E-state index contributed by atoms with van der Waals surface area (Å²) in [5.41, 5.74) is 3.17. The number of hydrogen-bond acceptors (Lipinski definition) is 3. The number of aryl methyl sites for hydroxylation is 2. The molecule has 0 spiro atoms. The summed E-state index contributed by atoms with van der Waals surface area (Å²) in [6, 6.07) is 7.75. The molecule has 0 radical (unpaired) electrons. The number of carboxylic acids is 1. The molecule has 0 aliphatic heterocycles. The molecule has 0 amide bonds. The van der Waals surface area contributed by atoms with E-state index in [0.717, 1.165) is 33.7 Å². The summed E-state index contributed by atoms with van der Waals surface area (Å²) >= 11 is 0. The van der Waals surface area contributed by atoms with Crippen molar-refractivity contribution in [2.24, 2.45) is 0 Å². The fourth-order valence-corrected chi connectivity index (χ4v) is 2.61. The third kappa shape index (κ3) is 2.27. The topological polar surface area (TPSA) is 68.0 Å². The van der Waals surface area contributed by atoms with E-state index in [-0.39, 0.29) is 6.42 Å². The van der Waals surface area contributed by atoms with E-state index in [0.29, 0.717) is 0 Å². The van der Waals surface area contributed by atoms with E-state index in [1.165, 1.54) is 0 Å². The quantitative estimate of drug-likeness (QED) is 0.801. The molecular formula is C16H15N3O2. The van der Waals surface area contributed by atoms with Crippen LogP contribution in [0, 0.1) is 13.8 Å². The van der Waals surface area contributed by atoms with E-state index in [4.69, 9.17) is 0 Å². The van der Waals surface area contributed by atoms with Gasteiger partial charge in [0.2, 0.25) is 0 Å². The van der Waals surface area contributed by atoms with Crippen molar-refractivity contribution in [3.63, 3.8) is 0 Å². The highest BCUT2D eigenvalue weighted by atomic mass is 16.4. The van der Waals surface area contributed by atoms with E-state index >= 15 is 0 Å². The maximum atomic E-state index is 11.2. The molecular weight excluding hydrogens is 266 g/mol. The van der Waals surface area contributed by atoms with Gasteiger partial charge >= 0.3 is 5.97 Å². The number of fused-ring (bicyclic) bond motifs is 1. The van der Waals surface area contributed by atoms with E-state index in [2.05, 4.69) is 9.97 Å². The first kappa shape index (κ1) is 13.3. The summed E-state index contributed by atoms with van der Waals surface area (Å²) in [6.45, 7) is 3.75. The second-order valence-corrected chi connectivity index (χ2v) is 4.96. The smallest absolute Gasteiger partial charge is 0.307 e. The first-order valence-electron chi connectivity index (χ1n) is 6.68. The number of aliphatic carboxylic acids is 1. The SMILES string of the molecule is Cc1nc2ccccc2c(-n2ccnc2C)c1CC(=O)O. The summed E-state index contributed by atoms with van der Waals surface area (Å²) < 4.78 is 1.93. The van der Waals surface area contributed by atoms with Crippen LogP contribution >= 0.6 is 0 Å². The Labute approximate surface area is 121 Å². The summed E-state index contributed by atoms with van der Waals surface area (Å²) in [5, 5.41) is 10.1. The minimum atomic E-state index is -0.866. The number of carbonyl (C=O) groups is 1. The summed E-state index contributed by atoms with van der Waals surface area (Å²) in [6.07, 6.45) is 3.50. The summed E-state index contributed by atoms with van der Waals surface area (Å²) in [4.78, 5) is 20.0. The molecule has 0 aliphatic rings. The molecule has 1 N–H and O–H groups in total. The molecule has 0 fully saturated rings. The van der Waals surface area contributed by atoms with Crippen LogP contribution < -0.4 is 0 Å². The van der Waals surface area contributed by atoms with Crippen LogP contribution in [0.1, 0.15) is 17.1 Å². The third-order valence-electron chi connectivity index (χ3n) is 3.56. The molecule has 0 aliphatic carbocycles. The van der Waals surface area contributed by atoms with Gasteiger partial charge in [-0.05, 0) is 19.9 Å². The summed E-state index contributed by atoms with van der Waals surface area (Å²) in [7, 11) is 0. The van der Waals surface area contributed by atoms with Gasteiger partial charge in [0.05, 0.1) is 17.6 Å². The molecule has 0 saturated heterocycles. The van der Waals surface area contributed by atoms with Gasteiger partial charge < -0.3 is 9.67 Å². The molecule has 0 bridgehead atoms. The van der Waals surface area contributed by atoms with Crippen LogP contribution in [-0.2, 0) is 11.2 Å². The largest absolute Gasteiger partial charge is 0.481 e. The number of hydrogen-bond donors (Lipinski definition) is 1. The Morgan fingerprint density at radius 3 is 2.71 bits per heavy atom. The number of rotatable bonds is 3. The van der Waals surface area contributed by atoms with Crippen LogP contribution in [-0.4, -0.2) is 25.6 Å². The van der Waals surface area contributed by atoms with Crippen LogP contribution in [0.5, 0.6) is 0 Å². The first-order chi connectivity index (χ1) is 10.1. The Morgan fingerprint density at radius 1 is 1.29 bits per heavy atom. The van der Waals surface area contributed by atoms with Crippen molar-refractivity contribution < 1.29 is 9.90 Å². The molecule has 3 rings (SSSR count). The third-order valence-corrected chi connectivity index (χ3v) is 3.56. The molecule has 2 aromatic heterocycles. The maximum Gasteiger partial charge on any atom is 0.307 e. The van der Waals surface area contributed by atoms with Crippen molar-refractivity contribution in [2.75, 3.05) is 0 Å². The van der Waals surface area contributed by atoms with Crippen molar-refractivity contribution in [2.45, 2.75) is 20.3 Å². The van der Waals surface area contributed by atoms with Crippen LogP contribution in [0.25, 0.3) is 16.6 Å². The minimum Gasteiger partial charge on any atom is -0.481 e. The lowest BCUT2D eigenvalue weighted by atomic mass is 10.0. The molecule has 0 atom stereocenters. The van der Waals surface area contributed by atoms with Gasteiger partial charge in [-0.2, -0.15) is 0 Å². The van der Waals surface area contributed by atoms with Crippen molar-refractivity contribution in [1.82, 2.24) is 14.5 Å². The summed E-state index contributed by atoms with van der Waals surface area (Å²) in [5.74, 6) is -0.0495. The lowest BCUT2D eigenvalue weighted by molar-refractivity contribution is -0.136. The van der Waals surface area contributed by atoms with Gasteiger partial charge in [-0.1, -0.05) is 18.2 Å². The second-order valence-electron chi connectivity index (χ2n) is 4.96. The fourth-order valence-electron chi connectivity index (χ4n) is 2.61. The zero-order valence-electron chi connectivity index (χ0n) is 11.9. The number of carboxylic acid groups (broad SMARTS) is 1. The minimum absolute atomic E-state index is 0.0589. The first-order valence-corrected chi connectivity index (χ1v) is 6.68. The van der Waals surface area contributed by atoms with Crippen molar-refractivity contribution >= 4 is 16.9 Å². The molecule has 21 heavy (non-hydrogen) atoms. The van der Waals surface area contributed by atoms with E-state index < -0.39 is 5.97 Å². The molecule has 106 valence electrons. The van der Waals surface area contributed by atoms with Crippen LogP contribution in [0.3, 0.4) is 0 Å². The van der Waals surface area contributed by atoms with Crippen LogP contribution in [0.4, 0.5) is 0 Å². The average molecular weight is 281 g/mol. The Kier molecular flexibility index (Phi) is 3.17. The standard InChI is InChI=1S/C16H15N3O2/c1-10-13(9-15(20)21)16(19-8-7-17-11(19)2)12-5-3-4-6-14(12)18-10/h3-8H,9H2,1-2H3,(H,20,21). The molecule has 5 nitrogen and oxygen atoms in total. The van der Waals surface area contributed by atoms with Gasteiger partial charge in [-0.3, -0.25) is 9.78 Å². The van der Waals surface area contributed by atoms with Crippen molar-refractivity contribution in [1.29, 1.82) is 0 Å². The zero-order valence-corrected chi connectivity index (χ0v) is 11.9. The van der Waals surface area contributed by atoms with Crippen molar-refractivity contribution in [3.8, 4) is 5.69 Å². The van der Waals surface area contributed by atoms with E-state index in [1.54, 1.807) is 6.20 Å². The number of imidazole rings is 1. The Bertz CT molecular complexity index is 837. The number of aromatic nitrogens is 3. The highest BCUT2D eigenvalue weighted by Crippen LogP contribution is 2.28. The monoisotopic (exact) mass is 281 g/mol. The molecule has 0 saturated carbocycles. The van der Waals surface area contributed by atoms with Gasteiger partial charge in [0.1, 0.15) is 5.82 Å². The molecule has 5 heteroatoms. The highest BCUT2D eigenvalue weighted by Gasteiger charge is 2.17. The Morgan fingerprint density at radius 2 is 2.05 bits per heavy atom. The second kappa shape index (κ2) is 5.01.